The number of carbonyl (C=O) groups excluding carboxylic acids is 1. The third-order valence-electron chi connectivity index (χ3n) is 3.78. The third kappa shape index (κ3) is 2.68. The summed E-state index contributed by atoms with van der Waals surface area (Å²) in [6, 6.07) is 11.0. The Labute approximate surface area is 147 Å². The average molecular weight is 361 g/mol. The number of carbonyl (C=O) groups is 1. The van der Waals surface area contributed by atoms with E-state index in [4.69, 9.17) is 21.1 Å². The number of amides is 1. The number of nitrogens with zero attached hydrogens (tertiary/aromatic N) is 1. The number of nitrogens with one attached hydrogen (secondary N) is 1. The number of aryl methyl sites for hydroxylation is 1. The summed E-state index contributed by atoms with van der Waals surface area (Å²) in [6.45, 7) is 2.07. The van der Waals surface area contributed by atoms with Crippen molar-refractivity contribution in [1.29, 1.82) is 0 Å². The van der Waals surface area contributed by atoms with Gasteiger partial charge in [0.2, 0.25) is 6.10 Å². The predicted octanol–water partition coefficient (Wildman–Crippen LogP) is 4.04. The first kappa shape index (κ1) is 15.2. The SMILES string of the molecule is Cc1c(Cl)ccc2sc(NC(=O)C3COc4ccccc4O3)nc12. The van der Waals surface area contributed by atoms with Crippen LogP contribution in [0.25, 0.3) is 10.2 Å². The van der Waals surface area contributed by atoms with Gasteiger partial charge in [-0.15, -0.1) is 0 Å². The van der Waals surface area contributed by atoms with E-state index in [1.54, 1.807) is 6.07 Å². The Morgan fingerprint density at radius 1 is 1.29 bits per heavy atom. The molecular formula is C17H13ClN2O3S. The lowest BCUT2D eigenvalue weighted by molar-refractivity contribution is -0.125. The Bertz CT molecular complexity index is 941. The van der Waals surface area contributed by atoms with E-state index in [1.165, 1.54) is 11.3 Å². The lowest BCUT2D eigenvalue weighted by Crippen LogP contribution is -2.40. The Hall–Kier alpha value is -2.31. The van der Waals surface area contributed by atoms with Gasteiger partial charge in [-0.2, -0.15) is 0 Å². The maximum absolute atomic E-state index is 12.4. The second-order valence-corrected chi connectivity index (χ2v) is 6.83. The molecule has 3 aromatic rings. The zero-order valence-electron chi connectivity index (χ0n) is 12.7. The number of para-hydroxylation sites is 2. The lowest BCUT2D eigenvalue weighted by atomic mass is 10.2. The molecule has 2 heterocycles. The van der Waals surface area contributed by atoms with Gasteiger partial charge in [0.05, 0.1) is 10.2 Å². The molecule has 1 N–H and O–H groups in total. The molecule has 0 aliphatic carbocycles. The number of anilines is 1. The van der Waals surface area contributed by atoms with Crippen molar-refractivity contribution in [1.82, 2.24) is 4.98 Å². The van der Waals surface area contributed by atoms with E-state index in [9.17, 15) is 4.79 Å². The molecule has 4 rings (SSSR count). The Balaban J connectivity index is 1.54. The van der Waals surface area contributed by atoms with Crippen LogP contribution in [0.2, 0.25) is 5.02 Å². The van der Waals surface area contributed by atoms with E-state index in [1.807, 2.05) is 37.3 Å². The first-order valence-electron chi connectivity index (χ1n) is 7.37. The van der Waals surface area contributed by atoms with E-state index in [0.29, 0.717) is 21.7 Å². The van der Waals surface area contributed by atoms with Crippen molar-refractivity contribution in [2.45, 2.75) is 13.0 Å². The number of thiazole rings is 1. The summed E-state index contributed by atoms with van der Waals surface area (Å²) in [5.74, 6) is 0.926. The lowest BCUT2D eigenvalue weighted by Gasteiger charge is -2.25. The molecule has 122 valence electrons. The minimum Gasteiger partial charge on any atom is -0.485 e. The van der Waals surface area contributed by atoms with E-state index in [-0.39, 0.29) is 12.5 Å². The summed E-state index contributed by atoms with van der Waals surface area (Å²) in [7, 11) is 0. The minimum atomic E-state index is -0.711. The van der Waals surface area contributed by atoms with Crippen molar-refractivity contribution in [2.24, 2.45) is 0 Å². The molecule has 0 saturated carbocycles. The Morgan fingerprint density at radius 3 is 2.92 bits per heavy atom. The van der Waals surface area contributed by atoms with Gasteiger partial charge >= 0.3 is 0 Å². The molecule has 5 nitrogen and oxygen atoms in total. The van der Waals surface area contributed by atoms with Crippen LogP contribution in [-0.2, 0) is 4.79 Å². The maximum atomic E-state index is 12.4. The largest absolute Gasteiger partial charge is 0.485 e. The fourth-order valence-electron chi connectivity index (χ4n) is 2.49. The summed E-state index contributed by atoms with van der Waals surface area (Å²) in [6.07, 6.45) is -0.711. The summed E-state index contributed by atoms with van der Waals surface area (Å²) in [4.78, 5) is 16.9. The molecule has 1 amide bonds. The van der Waals surface area contributed by atoms with Crippen molar-refractivity contribution < 1.29 is 14.3 Å². The number of hydrogen-bond donors (Lipinski definition) is 1. The third-order valence-corrected chi connectivity index (χ3v) is 5.12. The van der Waals surface area contributed by atoms with E-state index in [0.717, 1.165) is 15.8 Å². The fraction of sp³-hybridized carbons (Fsp3) is 0.176. The van der Waals surface area contributed by atoms with Crippen LogP contribution in [0, 0.1) is 6.92 Å². The summed E-state index contributed by atoms with van der Waals surface area (Å²) >= 11 is 7.51. The first-order valence-corrected chi connectivity index (χ1v) is 8.56. The van der Waals surface area contributed by atoms with Crippen molar-refractivity contribution in [3.05, 3.63) is 47.0 Å². The number of halogens is 1. The molecule has 0 bridgehead atoms. The van der Waals surface area contributed by atoms with Crippen LogP contribution < -0.4 is 14.8 Å². The number of hydrogen-bond acceptors (Lipinski definition) is 5. The van der Waals surface area contributed by atoms with Crippen LogP contribution in [0.4, 0.5) is 5.13 Å². The number of ether oxygens (including phenoxy) is 2. The van der Waals surface area contributed by atoms with Crippen LogP contribution in [0.1, 0.15) is 5.56 Å². The van der Waals surface area contributed by atoms with Crippen LogP contribution in [-0.4, -0.2) is 23.6 Å². The topological polar surface area (TPSA) is 60.5 Å². The molecule has 7 heteroatoms. The molecule has 2 aromatic carbocycles. The zero-order chi connectivity index (χ0) is 16.7. The highest BCUT2D eigenvalue weighted by Crippen LogP contribution is 2.33. The van der Waals surface area contributed by atoms with E-state index >= 15 is 0 Å². The molecule has 1 aromatic heterocycles. The molecule has 24 heavy (non-hydrogen) atoms. The molecule has 1 unspecified atom stereocenters. The van der Waals surface area contributed by atoms with Gasteiger partial charge in [0.15, 0.2) is 16.6 Å². The molecule has 0 saturated heterocycles. The van der Waals surface area contributed by atoms with Gasteiger partial charge in [-0.05, 0) is 36.8 Å². The van der Waals surface area contributed by atoms with Crippen molar-refractivity contribution in [3.8, 4) is 11.5 Å². The number of fused-ring (bicyclic) bond motifs is 2. The van der Waals surface area contributed by atoms with Gasteiger partial charge in [0.25, 0.3) is 5.91 Å². The molecule has 1 atom stereocenters. The zero-order valence-corrected chi connectivity index (χ0v) is 14.3. The molecular weight excluding hydrogens is 348 g/mol. The van der Waals surface area contributed by atoms with Crippen molar-refractivity contribution >= 4 is 44.2 Å². The van der Waals surface area contributed by atoms with Gasteiger partial charge in [-0.3, -0.25) is 10.1 Å². The Morgan fingerprint density at radius 2 is 2.08 bits per heavy atom. The van der Waals surface area contributed by atoms with Crippen molar-refractivity contribution in [2.75, 3.05) is 11.9 Å². The maximum Gasteiger partial charge on any atom is 0.270 e. The second-order valence-electron chi connectivity index (χ2n) is 5.39. The smallest absolute Gasteiger partial charge is 0.270 e. The highest BCUT2D eigenvalue weighted by Gasteiger charge is 2.28. The summed E-state index contributed by atoms with van der Waals surface area (Å²) < 4.78 is 12.2. The van der Waals surface area contributed by atoms with Crippen LogP contribution in [0.5, 0.6) is 11.5 Å². The first-order chi connectivity index (χ1) is 11.6. The molecule has 0 radical (unpaired) electrons. The van der Waals surface area contributed by atoms with Gasteiger partial charge in [-0.1, -0.05) is 35.1 Å². The van der Waals surface area contributed by atoms with E-state index in [2.05, 4.69) is 10.3 Å². The van der Waals surface area contributed by atoms with Gasteiger partial charge in [0, 0.05) is 5.02 Å². The highest BCUT2D eigenvalue weighted by atomic mass is 35.5. The van der Waals surface area contributed by atoms with E-state index < -0.39 is 6.10 Å². The van der Waals surface area contributed by atoms with Gasteiger partial charge in [0.1, 0.15) is 6.61 Å². The van der Waals surface area contributed by atoms with Crippen LogP contribution in [0.3, 0.4) is 0 Å². The van der Waals surface area contributed by atoms with Gasteiger partial charge < -0.3 is 9.47 Å². The highest BCUT2D eigenvalue weighted by molar-refractivity contribution is 7.22. The van der Waals surface area contributed by atoms with Crippen LogP contribution >= 0.6 is 22.9 Å². The molecule has 0 fully saturated rings. The van der Waals surface area contributed by atoms with Crippen molar-refractivity contribution in [3.63, 3.8) is 0 Å². The molecule has 1 aliphatic heterocycles. The standard InChI is InChI=1S/C17H13ClN2O3S/c1-9-10(18)6-7-14-15(9)19-17(24-14)20-16(21)13-8-22-11-4-2-3-5-12(11)23-13/h2-7,13H,8H2,1H3,(H,19,20,21). The normalized spacial score (nSPS) is 16.2. The minimum absolute atomic E-state index is 0.165. The van der Waals surface area contributed by atoms with Gasteiger partial charge in [-0.25, -0.2) is 4.98 Å². The molecule has 1 aliphatic rings. The monoisotopic (exact) mass is 360 g/mol. The number of benzene rings is 2. The average Bonchev–Trinajstić information content (AvgIpc) is 3.01. The molecule has 0 spiro atoms. The quantitative estimate of drug-likeness (QED) is 0.749. The Kier molecular flexibility index (Phi) is 3.78. The number of rotatable bonds is 2. The number of aromatic nitrogens is 1. The van der Waals surface area contributed by atoms with Crippen LogP contribution in [0.15, 0.2) is 36.4 Å². The summed E-state index contributed by atoms with van der Waals surface area (Å²) in [5.41, 5.74) is 1.70. The summed E-state index contributed by atoms with van der Waals surface area (Å²) in [5, 5.41) is 3.97. The second kappa shape index (κ2) is 5.96. The fourth-order valence-corrected chi connectivity index (χ4v) is 3.57. The predicted molar refractivity (Wildman–Crippen MR) is 94.3 cm³/mol.